The molecule has 2 aliphatic heterocycles. The Morgan fingerprint density at radius 1 is 0.974 bits per heavy atom. The molecule has 2 aliphatic rings. The number of nitrogens with two attached hydrogens (primary N) is 1. The molecule has 1 atom stereocenters. The number of amides is 2. The summed E-state index contributed by atoms with van der Waals surface area (Å²) in [7, 11) is 0. The SMILES string of the molecule is Cl.Cl.N[C@@H](CC(=O)N1CCn2c(C(F)(F)F)nc(C(=O)N3CCNCC3)c2C1)Cc1cc(F)c(F)cc1F. The van der Waals surface area contributed by atoms with Crippen molar-refractivity contribution in [3.05, 3.63) is 52.4 Å². The van der Waals surface area contributed by atoms with Gasteiger partial charge in [-0.2, -0.15) is 13.2 Å². The zero-order valence-electron chi connectivity index (χ0n) is 19.9. The third-order valence-electron chi connectivity index (χ3n) is 6.23. The lowest BCUT2D eigenvalue weighted by Gasteiger charge is -2.31. The first-order valence-corrected chi connectivity index (χ1v) is 11.3. The highest BCUT2D eigenvalue weighted by molar-refractivity contribution is 5.94. The lowest BCUT2D eigenvalue weighted by atomic mass is 10.0. The number of imidazole rings is 1. The Kier molecular flexibility index (Phi) is 10.4. The Bertz CT molecular complexity index is 1170. The molecule has 38 heavy (non-hydrogen) atoms. The number of nitrogens with one attached hydrogen (secondary N) is 1. The van der Waals surface area contributed by atoms with Crippen LogP contribution in [0.4, 0.5) is 26.3 Å². The maximum Gasteiger partial charge on any atom is 0.449 e. The fourth-order valence-corrected chi connectivity index (χ4v) is 4.41. The molecule has 2 aromatic rings. The molecule has 212 valence electrons. The normalized spacial score (nSPS) is 16.3. The van der Waals surface area contributed by atoms with Gasteiger partial charge in [0.25, 0.3) is 5.91 Å². The molecule has 0 aliphatic carbocycles. The maximum atomic E-state index is 13.9. The van der Waals surface area contributed by atoms with Gasteiger partial charge in [0, 0.05) is 57.8 Å². The van der Waals surface area contributed by atoms with Gasteiger partial charge in [-0.3, -0.25) is 9.59 Å². The first kappa shape index (κ1) is 31.7. The Hall–Kier alpha value is -2.55. The minimum absolute atomic E-state index is 0. The summed E-state index contributed by atoms with van der Waals surface area (Å²) >= 11 is 0. The van der Waals surface area contributed by atoms with E-state index in [-0.39, 0.29) is 74.2 Å². The van der Waals surface area contributed by atoms with E-state index in [1.54, 1.807) is 0 Å². The first-order valence-electron chi connectivity index (χ1n) is 11.3. The quantitative estimate of drug-likeness (QED) is 0.412. The van der Waals surface area contributed by atoms with Gasteiger partial charge in [0.15, 0.2) is 17.3 Å². The molecular weight excluding hydrogens is 565 g/mol. The summed E-state index contributed by atoms with van der Waals surface area (Å²) in [6.07, 6.45) is -5.37. The van der Waals surface area contributed by atoms with Gasteiger partial charge in [0.1, 0.15) is 5.82 Å². The molecule has 0 unspecified atom stereocenters. The number of hydrogen-bond donors (Lipinski definition) is 2. The van der Waals surface area contributed by atoms with Crippen LogP contribution >= 0.6 is 24.8 Å². The Labute approximate surface area is 226 Å². The van der Waals surface area contributed by atoms with Crippen molar-refractivity contribution in [2.45, 2.75) is 38.1 Å². The van der Waals surface area contributed by atoms with Crippen molar-refractivity contribution in [1.29, 1.82) is 0 Å². The summed E-state index contributed by atoms with van der Waals surface area (Å²) in [5, 5.41) is 3.05. The summed E-state index contributed by atoms with van der Waals surface area (Å²) in [5.74, 6) is -5.99. The highest BCUT2D eigenvalue weighted by Crippen LogP contribution is 2.33. The van der Waals surface area contributed by atoms with Gasteiger partial charge in [0.2, 0.25) is 11.7 Å². The number of nitrogens with zero attached hydrogens (tertiary/aromatic N) is 4. The van der Waals surface area contributed by atoms with Crippen molar-refractivity contribution >= 4 is 36.6 Å². The maximum absolute atomic E-state index is 13.9. The molecule has 16 heteroatoms. The molecule has 0 spiro atoms. The largest absolute Gasteiger partial charge is 0.449 e. The summed E-state index contributed by atoms with van der Waals surface area (Å²) in [5.41, 5.74) is 5.36. The van der Waals surface area contributed by atoms with E-state index < -0.39 is 47.3 Å². The molecule has 1 saturated heterocycles. The molecule has 0 saturated carbocycles. The van der Waals surface area contributed by atoms with Crippen LogP contribution in [0, 0.1) is 17.5 Å². The van der Waals surface area contributed by atoms with Gasteiger partial charge in [0.05, 0.1) is 12.2 Å². The number of benzene rings is 1. The molecule has 0 radical (unpaired) electrons. The van der Waals surface area contributed by atoms with Gasteiger partial charge < -0.3 is 25.4 Å². The highest BCUT2D eigenvalue weighted by atomic mass is 35.5. The van der Waals surface area contributed by atoms with E-state index in [2.05, 4.69) is 10.3 Å². The number of rotatable bonds is 5. The summed E-state index contributed by atoms with van der Waals surface area (Å²) in [6, 6.07) is 0.0952. The van der Waals surface area contributed by atoms with Crippen LogP contribution in [0.2, 0.25) is 0 Å². The molecule has 3 heterocycles. The minimum atomic E-state index is -4.79. The minimum Gasteiger partial charge on any atom is -0.335 e. The van der Waals surface area contributed by atoms with Crippen molar-refractivity contribution in [2.75, 3.05) is 32.7 Å². The lowest BCUT2D eigenvalue weighted by Crippen LogP contribution is -2.47. The third kappa shape index (κ3) is 6.71. The molecule has 1 fully saturated rings. The summed E-state index contributed by atoms with van der Waals surface area (Å²) < 4.78 is 82.3. The molecular formula is C22H26Cl2F6N6O2. The van der Waals surface area contributed by atoms with E-state index >= 15 is 0 Å². The van der Waals surface area contributed by atoms with Gasteiger partial charge in [-0.1, -0.05) is 0 Å². The van der Waals surface area contributed by atoms with Gasteiger partial charge in [-0.15, -0.1) is 24.8 Å². The van der Waals surface area contributed by atoms with Gasteiger partial charge in [-0.25, -0.2) is 18.2 Å². The molecule has 4 rings (SSSR count). The van der Waals surface area contributed by atoms with Crippen LogP contribution in [0.3, 0.4) is 0 Å². The topological polar surface area (TPSA) is 96.5 Å². The summed E-state index contributed by atoms with van der Waals surface area (Å²) in [6.45, 7) is 1.00. The van der Waals surface area contributed by atoms with Crippen LogP contribution < -0.4 is 11.1 Å². The number of halogens is 8. The van der Waals surface area contributed by atoms with Crippen LogP contribution in [0.5, 0.6) is 0 Å². The number of carbonyl (C=O) groups excluding carboxylic acids is 2. The predicted octanol–water partition coefficient (Wildman–Crippen LogP) is 2.51. The van der Waals surface area contributed by atoms with Crippen molar-refractivity contribution in [3.8, 4) is 0 Å². The second-order valence-corrected chi connectivity index (χ2v) is 8.76. The van der Waals surface area contributed by atoms with Crippen LogP contribution in [-0.2, 0) is 30.5 Å². The second kappa shape index (κ2) is 12.5. The molecule has 2 amide bonds. The lowest BCUT2D eigenvalue weighted by molar-refractivity contribution is -0.148. The number of hydrogen-bond acceptors (Lipinski definition) is 5. The van der Waals surface area contributed by atoms with E-state index in [1.165, 1.54) is 9.80 Å². The van der Waals surface area contributed by atoms with E-state index in [4.69, 9.17) is 5.73 Å². The number of carbonyl (C=O) groups is 2. The predicted molar refractivity (Wildman–Crippen MR) is 129 cm³/mol. The molecule has 1 aromatic heterocycles. The average Bonchev–Trinajstić information content (AvgIpc) is 3.22. The molecule has 3 N–H and O–H groups in total. The van der Waals surface area contributed by atoms with Gasteiger partial charge in [-0.05, 0) is 18.1 Å². The third-order valence-corrected chi connectivity index (χ3v) is 6.23. The van der Waals surface area contributed by atoms with Crippen LogP contribution in [0.25, 0.3) is 0 Å². The average molecular weight is 591 g/mol. The van der Waals surface area contributed by atoms with Crippen molar-refractivity contribution in [2.24, 2.45) is 5.73 Å². The monoisotopic (exact) mass is 590 g/mol. The van der Waals surface area contributed by atoms with Crippen LogP contribution in [0.1, 0.15) is 34.0 Å². The number of aromatic nitrogens is 2. The van der Waals surface area contributed by atoms with Crippen LogP contribution in [-0.4, -0.2) is 69.9 Å². The Morgan fingerprint density at radius 3 is 2.24 bits per heavy atom. The zero-order chi connectivity index (χ0) is 26.2. The Balaban J connectivity index is 0.00000253. The van der Waals surface area contributed by atoms with Gasteiger partial charge >= 0.3 is 6.18 Å². The smallest absolute Gasteiger partial charge is 0.335 e. The van der Waals surface area contributed by atoms with Crippen molar-refractivity contribution < 1.29 is 35.9 Å². The first-order chi connectivity index (χ1) is 17.0. The number of fused-ring (bicyclic) bond motifs is 1. The highest BCUT2D eigenvalue weighted by Gasteiger charge is 2.42. The fourth-order valence-electron chi connectivity index (χ4n) is 4.41. The number of piperazine rings is 1. The van der Waals surface area contributed by atoms with E-state index in [9.17, 15) is 35.9 Å². The van der Waals surface area contributed by atoms with E-state index in [1.807, 2.05) is 0 Å². The van der Waals surface area contributed by atoms with E-state index in [0.29, 0.717) is 38.3 Å². The standard InChI is InChI=1S/C22H24F6N6O2.2ClH/c23-14-10-16(25)15(24)8-12(14)7-13(29)9-18(35)33-5-6-34-17(11-33)19(31-21(34)22(26,27)28)20(36)32-3-1-30-2-4-32;;/h8,10,13,30H,1-7,9,11,29H2;2*1H/t13-;;/m1../s1. The van der Waals surface area contributed by atoms with E-state index in [0.717, 1.165) is 4.57 Å². The Morgan fingerprint density at radius 2 is 1.61 bits per heavy atom. The zero-order valence-corrected chi connectivity index (χ0v) is 21.5. The number of alkyl halides is 3. The fraction of sp³-hybridized carbons (Fsp3) is 0.500. The molecule has 0 bridgehead atoms. The molecule has 1 aromatic carbocycles. The van der Waals surface area contributed by atoms with Crippen LogP contribution in [0.15, 0.2) is 12.1 Å². The van der Waals surface area contributed by atoms with Crippen molar-refractivity contribution in [3.63, 3.8) is 0 Å². The molecule has 8 nitrogen and oxygen atoms in total. The van der Waals surface area contributed by atoms with Crippen molar-refractivity contribution in [1.82, 2.24) is 24.7 Å². The second-order valence-electron chi connectivity index (χ2n) is 8.76. The summed E-state index contributed by atoms with van der Waals surface area (Å²) in [4.78, 5) is 32.2.